The third-order valence-corrected chi connectivity index (χ3v) is 2.75. The number of methoxy groups -OCH3 is 1. The molecule has 0 aromatic heterocycles. The second-order valence-electron chi connectivity index (χ2n) is 4.57. The number of carbonyl (C=O) groups excluding carboxylic acids is 1. The summed E-state index contributed by atoms with van der Waals surface area (Å²) in [5.41, 5.74) is -0.163. The number of halogens is 1. The maximum Gasteiger partial charge on any atom is 0.314 e. The summed E-state index contributed by atoms with van der Waals surface area (Å²) < 4.78 is 10.2. The van der Waals surface area contributed by atoms with E-state index in [2.05, 4.69) is 4.74 Å². The normalized spacial score (nSPS) is 11.2. The summed E-state index contributed by atoms with van der Waals surface area (Å²) in [5, 5.41) is 9.72. The zero-order chi connectivity index (χ0) is 13.8. The van der Waals surface area contributed by atoms with Crippen molar-refractivity contribution in [3.05, 3.63) is 28.8 Å². The van der Waals surface area contributed by atoms with Crippen LogP contribution in [0.25, 0.3) is 0 Å². The van der Waals surface area contributed by atoms with Crippen molar-refractivity contribution in [3.63, 3.8) is 0 Å². The molecular weight excluding hydrogens is 256 g/mol. The van der Waals surface area contributed by atoms with Crippen LogP contribution in [0.5, 0.6) is 5.75 Å². The summed E-state index contributed by atoms with van der Waals surface area (Å²) in [5.74, 6) is 0.167. The Morgan fingerprint density at radius 3 is 2.67 bits per heavy atom. The Morgan fingerprint density at radius 2 is 2.11 bits per heavy atom. The van der Waals surface area contributed by atoms with E-state index in [1.807, 2.05) is 0 Å². The van der Waals surface area contributed by atoms with Crippen molar-refractivity contribution < 1.29 is 19.4 Å². The Bertz CT molecular complexity index is 429. The van der Waals surface area contributed by atoms with Crippen molar-refractivity contribution in [2.75, 3.05) is 13.7 Å². The molecule has 0 spiro atoms. The van der Waals surface area contributed by atoms with Crippen LogP contribution in [-0.4, -0.2) is 24.8 Å². The van der Waals surface area contributed by atoms with Gasteiger partial charge >= 0.3 is 5.97 Å². The van der Waals surface area contributed by atoms with E-state index in [9.17, 15) is 9.90 Å². The van der Waals surface area contributed by atoms with Crippen LogP contribution in [0.1, 0.15) is 19.4 Å². The number of benzene rings is 1. The van der Waals surface area contributed by atoms with Crippen LogP contribution in [0.4, 0.5) is 0 Å². The van der Waals surface area contributed by atoms with Crippen LogP contribution >= 0.6 is 11.6 Å². The molecule has 0 saturated heterocycles. The van der Waals surface area contributed by atoms with E-state index in [1.165, 1.54) is 7.11 Å². The van der Waals surface area contributed by atoms with Gasteiger partial charge in [-0.2, -0.15) is 0 Å². The van der Waals surface area contributed by atoms with Gasteiger partial charge in [0.05, 0.1) is 19.1 Å². The summed E-state index contributed by atoms with van der Waals surface area (Å²) in [4.78, 5) is 11.5. The smallest absolute Gasteiger partial charge is 0.314 e. The van der Waals surface area contributed by atoms with Gasteiger partial charge in [-0.1, -0.05) is 11.6 Å². The van der Waals surface area contributed by atoms with Gasteiger partial charge in [0.25, 0.3) is 0 Å². The summed E-state index contributed by atoms with van der Waals surface area (Å²) in [6.07, 6.45) is 0. The molecule has 5 heteroatoms. The van der Waals surface area contributed by atoms with Crippen LogP contribution in [0.3, 0.4) is 0 Å². The molecular formula is C13H17ClO4. The van der Waals surface area contributed by atoms with Gasteiger partial charge in [-0.05, 0) is 32.0 Å². The Morgan fingerprint density at radius 1 is 1.44 bits per heavy atom. The minimum absolute atomic E-state index is 0.161. The number of aliphatic hydroxyl groups excluding tert-OH is 1. The third kappa shape index (κ3) is 3.62. The molecule has 0 saturated carbocycles. The Balaban J connectivity index is 2.77. The lowest BCUT2D eigenvalue weighted by Gasteiger charge is -2.22. The molecule has 18 heavy (non-hydrogen) atoms. The van der Waals surface area contributed by atoms with Crippen LogP contribution in [0, 0.1) is 5.41 Å². The predicted molar refractivity (Wildman–Crippen MR) is 68.7 cm³/mol. The largest absolute Gasteiger partial charge is 0.492 e. The number of aliphatic hydroxyl groups is 1. The molecule has 1 aromatic rings. The van der Waals surface area contributed by atoms with E-state index in [0.29, 0.717) is 16.3 Å². The number of hydrogen-bond donors (Lipinski definition) is 1. The Hall–Kier alpha value is -1.26. The lowest BCUT2D eigenvalue weighted by molar-refractivity contribution is -0.152. The zero-order valence-corrected chi connectivity index (χ0v) is 11.5. The van der Waals surface area contributed by atoms with Crippen molar-refractivity contribution in [1.82, 2.24) is 0 Å². The topological polar surface area (TPSA) is 55.8 Å². The highest BCUT2D eigenvalue weighted by Gasteiger charge is 2.30. The average Bonchev–Trinajstić information content (AvgIpc) is 2.36. The number of esters is 1. The predicted octanol–water partition coefficient (Wildman–Crippen LogP) is 2.41. The fourth-order valence-electron chi connectivity index (χ4n) is 1.41. The van der Waals surface area contributed by atoms with Gasteiger partial charge in [0.15, 0.2) is 0 Å². The molecule has 1 rings (SSSR count). The molecule has 1 N–H and O–H groups in total. The van der Waals surface area contributed by atoms with Crippen molar-refractivity contribution in [2.24, 2.45) is 5.41 Å². The van der Waals surface area contributed by atoms with Crippen molar-refractivity contribution >= 4 is 17.6 Å². The highest BCUT2D eigenvalue weighted by atomic mass is 35.5. The van der Waals surface area contributed by atoms with Crippen LogP contribution < -0.4 is 4.74 Å². The first-order chi connectivity index (χ1) is 8.40. The number of ether oxygens (including phenoxy) is 2. The van der Waals surface area contributed by atoms with E-state index in [0.717, 1.165) is 0 Å². The quantitative estimate of drug-likeness (QED) is 0.837. The van der Waals surface area contributed by atoms with Gasteiger partial charge in [0, 0.05) is 10.6 Å². The van der Waals surface area contributed by atoms with Crippen molar-refractivity contribution in [1.29, 1.82) is 0 Å². The maximum absolute atomic E-state index is 11.5. The Labute approximate surface area is 111 Å². The number of carbonyl (C=O) groups is 1. The van der Waals surface area contributed by atoms with Crippen molar-refractivity contribution in [3.8, 4) is 5.75 Å². The molecule has 0 aliphatic carbocycles. The maximum atomic E-state index is 11.5. The highest BCUT2D eigenvalue weighted by molar-refractivity contribution is 6.30. The van der Waals surface area contributed by atoms with E-state index in [1.54, 1.807) is 32.0 Å². The van der Waals surface area contributed by atoms with E-state index in [-0.39, 0.29) is 19.2 Å². The summed E-state index contributed by atoms with van der Waals surface area (Å²) in [7, 11) is 1.34. The van der Waals surface area contributed by atoms with Gasteiger partial charge in [-0.15, -0.1) is 0 Å². The fourth-order valence-corrected chi connectivity index (χ4v) is 1.60. The lowest BCUT2D eigenvalue weighted by Crippen LogP contribution is -2.32. The van der Waals surface area contributed by atoms with Gasteiger partial charge < -0.3 is 14.6 Å². The molecule has 0 unspecified atom stereocenters. The fraction of sp³-hybridized carbons (Fsp3) is 0.462. The van der Waals surface area contributed by atoms with Gasteiger partial charge in [0.2, 0.25) is 0 Å². The number of hydrogen-bond acceptors (Lipinski definition) is 4. The molecule has 0 radical (unpaired) electrons. The molecule has 100 valence electrons. The Kier molecular flexibility index (Phi) is 4.99. The van der Waals surface area contributed by atoms with E-state index < -0.39 is 5.41 Å². The molecule has 0 heterocycles. The van der Waals surface area contributed by atoms with E-state index >= 15 is 0 Å². The highest BCUT2D eigenvalue weighted by Crippen LogP contribution is 2.25. The third-order valence-electron chi connectivity index (χ3n) is 2.52. The first-order valence-electron chi connectivity index (χ1n) is 5.51. The number of rotatable bonds is 5. The summed E-state index contributed by atoms with van der Waals surface area (Å²) in [6.45, 7) is 3.45. The van der Waals surface area contributed by atoms with Gasteiger partial charge in [-0.25, -0.2) is 0 Å². The van der Waals surface area contributed by atoms with E-state index in [4.69, 9.17) is 16.3 Å². The standard InChI is InChI=1S/C13H17ClO4/c1-13(2,12(16)17-3)8-18-11-5-4-10(14)6-9(11)7-15/h4-6,15H,7-8H2,1-3H3. The molecule has 0 aliphatic heterocycles. The van der Waals surface area contributed by atoms with Crippen molar-refractivity contribution in [2.45, 2.75) is 20.5 Å². The molecule has 1 aromatic carbocycles. The lowest BCUT2D eigenvalue weighted by atomic mass is 9.95. The SMILES string of the molecule is COC(=O)C(C)(C)COc1ccc(Cl)cc1CO. The molecule has 0 bridgehead atoms. The monoisotopic (exact) mass is 272 g/mol. The van der Waals surface area contributed by atoms with Gasteiger partial charge in [0.1, 0.15) is 12.4 Å². The van der Waals surface area contributed by atoms with Crippen LogP contribution in [0.15, 0.2) is 18.2 Å². The minimum atomic E-state index is -0.749. The molecule has 0 atom stereocenters. The first kappa shape index (κ1) is 14.8. The molecule has 0 amide bonds. The molecule has 0 aliphatic rings. The molecule has 4 nitrogen and oxygen atoms in total. The first-order valence-corrected chi connectivity index (χ1v) is 5.89. The minimum Gasteiger partial charge on any atom is -0.492 e. The molecule has 0 fully saturated rings. The van der Waals surface area contributed by atoms with Gasteiger partial charge in [-0.3, -0.25) is 4.79 Å². The van der Waals surface area contributed by atoms with Crippen LogP contribution in [0.2, 0.25) is 5.02 Å². The second-order valence-corrected chi connectivity index (χ2v) is 5.01. The average molecular weight is 273 g/mol. The zero-order valence-electron chi connectivity index (χ0n) is 10.7. The summed E-state index contributed by atoms with van der Waals surface area (Å²) >= 11 is 5.82. The van der Waals surface area contributed by atoms with Crippen LogP contribution in [-0.2, 0) is 16.1 Å². The summed E-state index contributed by atoms with van der Waals surface area (Å²) in [6, 6.07) is 4.96. The second kappa shape index (κ2) is 6.07.